The van der Waals surface area contributed by atoms with Crippen LogP contribution in [0, 0.1) is 40.4 Å². The van der Waals surface area contributed by atoms with Crippen molar-refractivity contribution in [2.24, 2.45) is 40.4 Å². The molecule has 0 amide bonds. The molecule has 1 spiro atoms. The van der Waals surface area contributed by atoms with E-state index in [9.17, 15) is 14.7 Å². The minimum absolute atomic E-state index is 0.109. The van der Waals surface area contributed by atoms with Gasteiger partial charge in [0.05, 0.1) is 11.3 Å². The molecule has 5 rings (SSSR count). The van der Waals surface area contributed by atoms with Crippen LogP contribution < -0.4 is 0 Å². The van der Waals surface area contributed by atoms with E-state index in [0.717, 1.165) is 38.5 Å². The zero-order valence-corrected chi connectivity index (χ0v) is 14.0. The summed E-state index contributed by atoms with van der Waals surface area (Å²) in [5.41, 5.74) is -1.16. The first kappa shape index (κ1) is 14.3. The molecular formula is C19H26O4. The maximum absolute atomic E-state index is 12.7. The number of aliphatic carboxylic acids is 1. The number of fused-ring (bicyclic) bond motifs is 1. The van der Waals surface area contributed by atoms with Crippen LogP contribution in [-0.4, -0.2) is 22.6 Å². The summed E-state index contributed by atoms with van der Waals surface area (Å²) in [6.45, 7) is 4.28. The van der Waals surface area contributed by atoms with E-state index in [4.69, 9.17) is 4.74 Å². The van der Waals surface area contributed by atoms with E-state index < -0.39 is 22.9 Å². The summed E-state index contributed by atoms with van der Waals surface area (Å²) in [5, 5.41) is 10.2. The molecule has 4 heteroatoms. The van der Waals surface area contributed by atoms with Crippen LogP contribution in [0.1, 0.15) is 58.8 Å². The number of carboxylic acids is 1. The quantitative estimate of drug-likeness (QED) is 0.754. The number of carbonyl (C=O) groups excluding carboxylic acids is 1. The molecule has 4 aliphatic carbocycles. The molecule has 0 aromatic carbocycles. The zero-order valence-electron chi connectivity index (χ0n) is 14.0. The fourth-order valence-corrected chi connectivity index (χ4v) is 8.13. The van der Waals surface area contributed by atoms with Gasteiger partial charge < -0.3 is 9.84 Å². The molecule has 0 aromatic heterocycles. The Bertz CT molecular complexity index is 610. The van der Waals surface area contributed by atoms with Crippen molar-refractivity contribution < 1.29 is 19.4 Å². The average molecular weight is 318 g/mol. The molecule has 4 nitrogen and oxygen atoms in total. The summed E-state index contributed by atoms with van der Waals surface area (Å²) in [6.07, 6.45) is 6.98. The molecule has 5 fully saturated rings. The van der Waals surface area contributed by atoms with Crippen molar-refractivity contribution in [2.45, 2.75) is 64.4 Å². The lowest BCUT2D eigenvalue weighted by Gasteiger charge is -2.44. The first-order chi connectivity index (χ1) is 10.9. The molecule has 5 aliphatic rings. The number of hydrogen-bond donors (Lipinski definition) is 1. The number of carbonyl (C=O) groups is 2. The summed E-state index contributed by atoms with van der Waals surface area (Å²) in [5.74, 6) is 0.262. The highest BCUT2D eigenvalue weighted by Gasteiger charge is 2.81. The lowest BCUT2D eigenvalue weighted by atomic mass is 9.60. The van der Waals surface area contributed by atoms with E-state index in [1.54, 1.807) is 0 Å². The lowest BCUT2D eigenvalue weighted by molar-refractivity contribution is -0.160. The standard InChI is InChI=1S/C19H26O4/c1-10-8-18-9-11(10)4-5-12(18)19-7-3-6-17(2,16(22)23-19)14(19)13(18)15(20)21/h10-14H,3-9H2,1-2H3,(H,20,21)/t10-,11+,12?,13+,14+,17?,18-,19-/m0/s1. The third-order valence-corrected chi connectivity index (χ3v) is 8.70. The van der Waals surface area contributed by atoms with Crippen molar-refractivity contribution in [3.8, 4) is 0 Å². The molecule has 1 N–H and O–H groups in total. The molecule has 4 saturated carbocycles. The minimum atomic E-state index is -0.678. The fourth-order valence-electron chi connectivity index (χ4n) is 8.13. The summed E-state index contributed by atoms with van der Waals surface area (Å²) < 4.78 is 6.13. The maximum atomic E-state index is 12.7. The van der Waals surface area contributed by atoms with E-state index in [-0.39, 0.29) is 23.2 Å². The number of esters is 1. The maximum Gasteiger partial charge on any atom is 0.312 e. The molecule has 126 valence electrons. The Hall–Kier alpha value is -1.06. The van der Waals surface area contributed by atoms with Crippen LogP contribution in [0.15, 0.2) is 0 Å². The van der Waals surface area contributed by atoms with Gasteiger partial charge in [-0.3, -0.25) is 9.59 Å². The van der Waals surface area contributed by atoms with Crippen molar-refractivity contribution in [3.05, 3.63) is 0 Å². The Morgan fingerprint density at radius 2 is 2.04 bits per heavy atom. The summed E-state index contributed by atoms with van der Waals surface area (Å²) in [7, 11) is 0. The highest BCUT2D eigenvalue weighted by Crippen LogP contribution is 2.77. The lowest BCUT2D eigenvalue weighted by Crippen LogP contribution is -2.47. The van der Waals surface area contributed by atoms with Crippen LogP contribution in [0.3, 0.4) is 0 Å². The molecular weight excluding hydrogens is 292 g/mol. The molecule has 4 bridgehead atoms. The van der Waals surface area contributed by atoms with Gasteiger partial charge in [-0.1, -0.05) is 6.92 Å². The van der Waals surface area contributed by atoms with Gasteiger partial charge in [-0.15, -0.1) is 0 Å². The molecule has 23 heavy (non-hydrogen) atoms. The summed E-state index contributed by atoms with van der Waals surface area (Å²) in [4.78, 5) is 25.1. The Morgan fingerprint density at radius 1 is 1.26 bits per heavy atom. The molecule has 1 heterocycles. The third-order valence-electron chi connectivity index (χ3n) is 8.70. The Kier molecular flexibility index (Phi) is 2.45. The van der Waals surface area contributed by atoms with Crippen LogP contribution in [0.2, 0.25) is 0 Å². The molecule has 1 saturated heterocycles. The van der Waals surface area contributed by atoms with Crippen molar-refractivity contribution in [1.82, 2.24) is 0 Å². The minimum Gasteiger partial charge on any atom is -0.481 e. The fraction of sp³-hybridized carbons (Fsp3) is 0.895. The van der Waals surface area contributed by atoms with Gasteiger partial charge in [-0.25, -0.2) is 0 Å². The van der Waals surface area contributed by atoms with Gasteiger partial charge in [0.25, 0.3) is 0 Å². The monoisotopic (exact) mass is 318 g/mol. The Labute approximate surface area is 137 Å². The topological polar surface area (TPSA) is 63.6 Å². The van der Waals surface area contributed by atoms with E-state index >= 15 is 0 Å². The highest BCUT2D eigenvalue weighted by atomic mass is 16.6. The Balaban J connectivity index is 1.74. The van der Waals surface area contributed by atoms with Gasteiger partial charge in [0.15, 0.2) is 0 Å². The number of ether oxygens (including phenoxy) is 1. The van der Waals surface area contributed by atoms with Gasteiger partial charge in [-0.05, 0) is 69.1 Å². The number of rotatable bonds is 1. The van der Waals surface area contributed by atoms with Gasteiger partial charge >= 0.3 is 11.9 Å². The largest absolute Gasteiger partial charge is 0.481 e. The van der Waals surface area contributed by atoms with Crippen LogP contribution in [0.4, 0.5) is 0 Å². The van der Waals surface area contributed by atoms with Crippen molar-refractivity contribution in [2.75, 3.05) is 0 Å². The van der Waals surface area contributed by atoms with Gasteiger partial charge in [0.1, 0.15) is 5.60 Å². The van der Waals surface area contributed by atoms with E-state index in [0.29, 0.717) is 11.8 Å². The SMILES string of the molecule is C[C@H]1C[C@]23C[C@H]1CCC2[C@]12CCCC(C)(C(=O)O1)[C@H]2[C@@H]3C(=O)O. The van der Waals surface area contributed by atoms with Crippen molar-refractivity contribution in [1.29, 1.82) is 0 Å². The first-order valence-electron chi connectivity index (χ1n) is 9.31. The van der Waals surface area contributed by atoms with Crippen LogP contribution in [0.25, 0.3) is 0 Å². The Morgan fingerprint density at radius 3 is 2.78 bits per heavy atom. The second-order valence-corrected chi connectivity index (χ2v) is 9.42. The second-order valence-electron chi connectivity index (χ2n) is 9.42. The molecule has 8 atom stereocenters. The van der Waals surface area contributed by atoms with Crippen LogP contribution >= 0.6 is 0 Å². The molecule has 0 radical (unpaired) electrons. The van der Waals surface area contributed by atoms with Crippen LogP contribution in [-0.2, 0) is 14.3 Å². The van der Waals surface area contributed by atoms with Crippen molar-refractivity contribution in [3.63, 3.8) is 0 Å². The second kappa shape index (κ2) is 3.94. The number of hydrogen-bond acceptors (Lipinski definition) is 3. The average Bonchev–Trinajstić information content (AvgIpc) is 2.92. The summed E-state index contributed by atoms with van der Waals surface area (Å²) >= 11 is 0. The smallest absolute Gasteiger partial charge is 0.312 e. The third kappa shape index (κ3) is 1.34. The zero-order chi connectivity index (χ0) is 16.2. The van der Waals surface area contributed by atoms with Crippen molar-refractivity contribution >= 4 is 11.9 Å². The summed E-state index contributed by atoms with van der Waals surface area (Å²) in [6, 6.07) is 0. The highest BCUT2D eigenvalue weighted by molar-refractivity contribution is 5.84. The van der Waals surface area contributed by atoms with E-state index in [2.05, 4.69) is 6.92 Å². The molecule has 1 aliphatic heterocycles. The van der Waals surface area contributed by atoms with E-state index in [1.807, 2.05) is 6.92 Å². The normalized spacial score (nSPS) is 59.4. The number of carboxylic acid groups (broad SMARTS) is 1. The van der Waals surface area contributed by atoms with Gasteiger partial charge in [0.2, 0.25) is 0 Å². The van der Waals surface area contributed by atoms with Crippen LogP contribution in [0.5, 0.6) is 0 Å². The van der Waals surface area contributed by atoms with E-state index in [1.165, 1.54) is 6.42 Å². The first-order valence-corrected chi connectivity index (χ1v) is 9.31. The predicted octanol–water partition coefficient (Wildman–Crippen LogP) is 3.25. The predicted molar refractivity (Wildman–Crippen MR) is 82.4 cm³/mol. The van der Waals surface area contributed by atoms with Gasteiger partial charge in [-0.2, -0.15) is 0 Å². The molecule has 0 aromatic rings. The molecule has 2 unspecified atom stereocenters. The van der Waals surface area contributed by atoms with Gasteiger partial charge in [0, 0.05) is 11.8 Å².